The molecule has 0 fully saturated rings. The van der Waals surface area contributed by atoms with Crippen LogP contribution in [0.1, 0.15) is 5.56 Å². The number of ether oxygens (including phenoxy) is 2. The molecule has 2 rings (SSSR count). The molecule has 0 unspecified atom stereocenters. The lowest BCUT2D eigenvalue weighted by Crippen LogP contribution is -2.29. The van der Waals surface area contributed by atoms with Gasteiger partial charge in [0.25, 0.3) is 0 Å². The summed E-state index contributed by atoms with van der Waals surface area (Å²) in [4.78, 5) is 11.6. The SMILES string of the molecule is N#CCOC(=O)[C@H]1COc2ccc(Cl)cc2C1. The van der Waals surface area contributed by atoms with E-state index >= 15 is 0 Å². The molecule has 1 aromatic rings. The first kappa shape index (κ1) is 11.7. The number of carbonyl (C=O) groups is 1. The van der Waals surface area contributed by atoms with E-state index in [1.54, 1.807) is 24.3 Å². The maximum absolute atomic E-state index is 11.6. The van der Waals surface area contributed by atoms with E-state index in [0.717, 1.165) is 11.3 Å². The van der Waals surface area contributed by atoms with Crippen LogP contribution >= 0.6 is 11.6 Å². The van der Waals surface area contributed by atoms with Gasteiger partial charge in [0.05, 0.1) is 5.92 Å². The van der Waals surface area contributed by atoms with Crippen LogP contribution in [0.15, 0.2) is 18.2 Å². The van der Waals surface area contributed by atoms with Crippen molar-refractivity contribution in [1.82, 2.24) is 0 Å². The number of fused-ring (bicyclic) bond motifs is 1. The summed E-state index contributed by atoms with van der Waals surface area (Å²) in [6, 6.07) is 7.07. The molecule has 0 aromatic heterocycles. The van der Waals surface area contributed by atoms with E-state index in [2.05, 4.69) is 0 Å². The number of halogens is 1. The quantitative estimate of drug-likeness (QED) is 0.754. The van der Waals surface area contributed by atoms with Gasteiger partial charge in [0.1, 0.15) is 18.4 Å². The van der Waals surface area contributed by atoms with Crippen LogP contribution in [0.2, 0.25) is 5.02 Å². The topological polar surface area (TPSA) is 59.3 Å². The van der Waals surface area contributed by atoms with Crippen molar-refractivity contribution in [3.8, 4) is 11.8 Å². The molecule has 1 heterocycles. The van der Waals surface area contributed by atoms with E-state index in [1.165, 1.54) is 0 Å². The molecule has 1 aliphatic heterocycles. The Morgan fingerprint density at radius 3 is 3.24 bits per heavy atom. The molecule has 0 radical (unpaired) electrons. The van der Waals surface area contributed by atoms with Gasteiger partial charge < -0.3 is 9.47 Å². The van der Waals surface area contributed by atoms with Crippen LogP contribution in [0.4, 0.5) is 0 Å². The zero-order chi connectivity index (χ0) is 12.3. The minimum Gasteiger partial charge on any atom is -0.492 e. The lowest BCUT2D eigenvalue weighted by molar-refractivity contribution is -0.148. The van der Waals surface area contributed by atoms with Gasteiger partial charge in [-0.3, -0.25) is 4.79 Å². The summed E-state index contributed by atoms with van der Waals surface area (Å²) < 4.78 is 10.2. The van der Waals surface area contributed by atoms with Crippen LogP contribution in [0.5, 0.6) is 5.75 Å². The molecule has 0 amide bonds. The average Bonchev–Trinajstić information content (AvgIpc) is 2.35. The number of nitrogens with zero attached hydrogens (tertiary/aromatic N) is 1. The standard InChI is InChI=1S/C12H10ClNO3/c13-10-1-2-11-8(6-10)5-9(7-17-11)12(15)16-4-3-14/h1-2,6,9H,4-5,7H2/t9-/m1/s1. The fourth-order valence-corrected chi connectivity index (χ4v) is 1.93. The minimum atomic E-state index is -0.405. The number of esters is 1. The highest BCUT2D eigenvalue weighted by Gasteiger charge is 2.27. The number of carbonyl (C=O) groups excluding carboxylic acids is 1. The molecule has 1 atom stereocenters. The molecule has 0 bridgehead atoms. The molecule has 17 heavy (non-hydrogen) atoms. The summed E-state index contributed by atoms with van der Waals surface area (Å²) in [6.45, 7) is 0.0522. The van der Waals surface area contributed by atoms with Crippen molar-refractivity contribution in [3.63, 3.8) is 0 Å². The molecule has 0 aliphatic carbocycles. The van der Waals surface area contributed by atoms with Crippen molar-refractivity contribution < 1.29 is 14.3 Å². The molecular formula is C12H10ClNO3. The molecule has 88 valence electrons. The van der Waals surface area contributed by atoms with Gasteiger partial charge in [-0.2, -0.15) is 5.26 Å². The van der Waals surface area contributed by atoms with E-state index < -0.39 is 5.97 Å². The van der Waals surface area contributed by atoms with Crippen molar-refractivity contribution in [3.05, 3.63) is 28.8 Å². The normalized spacial score (nSPS) is 17.5. The van der Waals surface area contributed by atoms with Crippen LogP contribution < -0.4 is 4.74 Å². The lowest BCUT2D eigenvalue weighted by Gasteiger charge is -2.23. The highest BCUT2D eigenvalue weighted by atomic mass is 35.5. The second-order valence-electron chi connectivity index (χ2n) is 3.73. The van der Waals surface area contributed by atoms with E-state index in [1.807, 2.05) is 0 Å². The first-order valence-electron chi connectivity index (χ1n) is 5.15. The Bertz CT molecular complexity index is 481. The van der Waals surface area contributed by atoms with Gasteiger partial charge in [-0.25, -0.2) is 0 Å². The lowest BCUT2D eigenvalue weighted by atomic mass is 9.97. The summed E-state index contributed by atoms with van der Waals surface area (Å²) >= 11 is 5.87. The van der Waals surface area contributed by atoms with Crippen LogP contribution in [0, 0.1) is 17.2 Å². The molecule has 0 saturated heterocycles. The number of hydrogen-bond donors (Lipinski definition) is 0. The van der Waals surface area contributed by atoms with Crippen LogP contribution in [0.3, 0.4) is 0 Å². The Morgan fingerprint density at radius 1 is 1.65 bits per heavy atom. The van der Waals surface area contributed by atoms with Gasteiger partial charge in [-0.1, -0.05) is 11.6 Å². The van der Waals surface area contributed by atoms with E-state index in [9.17, 15) is 4.79 Å². The number of benzene rings is 1. The Labute approximate surface area is 104 Å². The van der Waals surface area contributed by atoms with E-state index in [-0.39, 0.29) is 19.1 Å². The monoisotopic (exact) mass is 251 g/mol. The Morgan fingerprint density at radius 2 is 2.47 bits per heavy atom. The van der Waals surface area contributed by atoms with Crippen molar-refractivity contribution >= 4 is 17.6 Å². The fraction of sp³-hybridized carbons (Fsp3) is 0.333. The first-order chi connectivity index (χ1) is 8.20. The number of nitriles is 1. The zero-order valence-electron chi connectivity index (χ0n) is 8.98. The third kappa shape index (κ3) is 2.69. The van der Waals surface area contributed by atoms with Crippen LogP contribution in [0.25, 0.3) is 0 Å². The minimum absolute atomic E-state index is 0.224. The Hall–Kier alpha value is -1.73. The molecular weight excluding hydrogens is 242 g/mol. The summed E-state index contributed by atoms with van der Waals surface area (Å²) in [6.07, 6.45) is 0.528. The predicted molar refractivity (Wildman–Crippen MR) is 60.7 cm³/mol. The number of rotatable bonds is 2. The molecule has 1 aromatic carbocycles. The highest BCUT2D eigenvalue weighted by Crippen LogP contribution is 2.30. The van der Waals surface area contributed by atoms with Gasteiger partial charge in [-0.15, -0.1) is 0 Å². The average molecular weight is 252 g/mol. The maximum atomic E-state index is 11.6. The Balaban J connectivity index is 2.08. The van der Waals surface area contributed by atoms with Gasteiger partial charge in [-0.05, 0) is 30.2 Å². The van der Waals surface area contributed by atoms with Crippen molar-refractivity contribution in [1.29, 1.82) is 5.26 Å². The van der Waals surface area contributed by atoms with Crippen LogP contribution in [-0.4, -0.2) is 19.2 Å². The largest absolute Gasteiger partial charge is 0.492 e. The smallest absolute Gasteiger partial charge is 0.313 e. The Kier molecular flexibility index (Phi) is 3.50. The van der Waals surface area contributed by atoms with Gasteiger partial charge in [0, 0.05) is 5.02 Å². The molecule has 5 heteroatoms. The number of hydrogen-bond acceptors (Lipinski definition) is 4. The third-order valence-corrected chi connectivity index (χ3v) is 2.78. The summed E-state index contributed by atoms with van der Waals surface area (Å²) in [7, 11) is 0. The highest BCUT2D eigenvalue weighted by molar-refractivity contribution is 6.30. The predicted octanol–water partition coefficient (Wildman–Crippen LogP) is 1.96. The fourth-order valence-electron chi connectivity index (χ4n) is 1.74. The third-order valence-electron chi connectivity index (χ3n) is 2.54. The van der Waals surface area contributed by atoms with E-state index in [4.69, 9.17) is 26.3 Å². The molecule has 1 aliphatic rings. The molecule has 0 spiro atoms. The van der Waals surface area contributed by atoms with Gasteiger partial charge >= 0.3 is 5.97 Å². The van der Waals surface area contributed by atoms with Crippen molar-refractivity contribution in [2.45, 2.75) is 6.42 Å². The molecule has 0 saturated carbocycles. The second kappa shape index (κ2) is 5.07. The first-order valence-corrected chi connectivity index (χ1v) is 5.53. The van der Waals surface area contributed by atoms with Gasteiger partial charge in [0.2, 0.25) is 0 Å². The van der Waals surface area contributed by atoms with Crippen molar-refractivity contribution in [2.24, 2.45) is 5.92 Å². The molecule has 0 N–H and O–H groups in total. The van der Waals surface area contributed by atoms with Crippen LogP contribution in [-0.2, 0) is 16.0 Å². The molecule has 4 nitrogen and oxygen atoms in total. The summed E-state index contributed by atoms with van der Waals surface area (Å²) in [5.74, 6) is -0.0229. The summed E-state index contributed by atoms with van der Waals surface area (Å²) in [5, 5.41) is 8.94. The second-order valence-corrected chi connectivity index (χ2v) is 4.17. The van der Waals surface area contributed by atoms with Gasteiger partial charge in [0.15, 0.2) is 6.61 Å². The van der Waals surface area contributed by atoms with E-state index in [0.29, 0.717) is 11.4 Å². The zero-order valence-corrected chi connectivity index (χ0v) is 9.74. The van der Waals surface area contributed by atoms with Crippen molar-refractivity contribution in [2.75, 3.05) is 13.2 Å². The maximum Gasteiger partial charge on any atom is 0.313 e. The summed E-state index contributed by atoms with van der Waals surface area (Å²) in [5.41, 5.74) is 0.891.